The van der Waals surface area contributed by atoms with Gasteiger partial charge in [-0.2, -0.15) is 15.0 Å². The molecule has 0 aliphatic carbocycles. The zero-order chi connectivity index (χ0) is 21.3. The SMILES string of the molecule is CCCOCN(COCCC)c1nc(C)nc(N(COCCC)COCCC)n1. The van der Waals surface area contributed by atoms with Crippen LogP contribution in [0.5, 0.6) is 0 Å². The molecule has 0 spiro atoms. The van der Waals surface area contributed by atoms with Crippen LogP contribution in [0.4, 0.5) is 11.9 Å². The summed E-state index contributed by atoms with van der Waals surface area (Å²) in [6, 6.07) is 0. The van der Waals surface area contributed by atoms with Crippen LogP contribution < -0.4 is 9.80 Å². The van der Waals surface area contributed by atoms with Crippen molar-refractivity contribution in [2.45, 2.75) is 60.3 Å². The van der Waals surface area contributed by atoms with Gasteiger partial charge in [-0.25, -0.2) is 0 Å². The van der Waals surface area contributed by atoms with E-state index in [2.05, 4.69) is 42.6 Å². The third kappa shape index (κ3) is 10.7. The summed E-state index contributed by atoms with van der Waals surface area (Å²) in [5.41, 5.74) is 0. The quantitative estimate of drug-likeness (QED) is 0.266. The molecule has 29 heavy (non-hydrogen) atoms. The predicted molar refractivity (Wildman–Crippen MR) is 114 cm³/mol. The zero-order valence-electron chi connectivity index (χ0n) is 18.9. The summed E-state index contributed by atoms with van der Waals surface area (Å²) in [4.78, 5) is 17.4. The minimum atomic E-state index is 0.360. The average Bonchev–Trinajstić information content (AvgIpc) is 2.71. The monoisotopic (exact) mass is 413 g/mol. The molecule has 0 saturated carbocycles. The fourth-order valence-electron chi connectivity index (χ4n) is 2.32. The summed E-state index contributed by atoms with van der Waals surface area (Å²) in [5, 5.41) is 0. The van der Waals surface area contributed by atoms with Gasteiger partial charge in [0.15, 0.2) is 0 Å². The van der Waals surface area contributed by atoms with E-state index in [1.54, 1.807) is 0 Å². The number of nitrogens with zero attached hydrogens (tertiary/aromatic N) is 5. The summed E-state index contributed by atoms with van der Waals surface area (Å²) in [7, 11) is 0. The Hall–Kier alpha value is -1.55. The van der Waals surface area contributed by atoms with E-state index in [1.807, 2.05) is 16.7 Å². The second kappa shape index (κ2) is 16.3. The van der Waals surface area contributed by atoms with Crippen molar-refractivity contribution in [1.82, 2.24) is 15.0 Å². The molecule has 168 valence electrons. The van der Waals surface area contributed by atoms with E-state index in [9.17, 15) is 0 Å². The summed E-state index contributed by atoms with van der Waals surface area (Å²) in [6.07, 6.45) is 3.79. The zero-order valence-corrected chi connectivity index (χ0v) is 18.9. The first kappa shape index (κ1) is 25.5. The lowest BCUT2D eigenvalue weighted by atomic mass is 10.5. The highest BCUT2D eigenvalue weighted by Gasteiger charge is 2.17. The Kier molecular flexibility index (Phi) is 14.3. The smallest absolute Gasteiger partial charge is 0.234 e. The predicted octanol–water partition coefficient (Wildman–Crippen LogP) is 3.33. The second-order valence-corrected chi connectivity index (χ2v) is 6.71. The molecule has 0 aliphatic rings. The molecular weight excluding hydrogens is 374 g/mol. The molecule has 0 amide bonds. The number of ether oxygens (including phenoxy) is 4. The topological polar surface area (TPSA) is 82.1 Å². The van der Waals surface area contributed by atoms with Crippen LogP contribution in [0.3, 0.4) is 0 Å². The highest BCUT2D eigenvalue weighted by atomic mass is 16.5. The molecule has 9 nitrogen and oxygen atoms in total. The summed E-state index contributed by atoms with van der Waals surface area (Å²) in [6.45, 7) is 14.3. The van der Waals surface area contributed by atoms with Gasteiger partial charge in [-0.15, -0.1) is 0 Å². The molecule has 0 aromatic carbocycles. The van der Waals surface area contributed by atoms with Gasteiger partial charge < -0.3 is 18.9 Å². The van der Waals surface area contributed by atoms with E-state index in [0.29, 0.717) is 71.1 Å². The first-order chi connectivity index (χ1) is 14.2. The van der Waals surface area contributed by atoms with E-state index in [0.717, 1.165) is 25.7 Å². The third-order valence-electron chi connectivity index (χ3n) is 3.67. The number of hydrogen-bond donors (Lipinski definition) is 0. The van der Waals surface area contributed by atoms with Crippen LogP contribution in [0, 0.1) is 6.92 Å². The molecular formula is C20H39N5O4. The van der Waals surface area contributed by atoms with E-state index in [-0.39, 0.29) is 0 Å². The first-order valence-corrected chi connectivity index (χ1v) is 10.7. The fraction of sp³-hybridized carbons (Fsp3) is 0.850. The third-order valence-corrected chi connectivity index (χ3v) is 3.67. The van der Waals surface area contributed by atoms with Crippen molar-refractivity contribution in [3.05, 3.63) is 5.82 Å². The van der Waals surface area contributed by atoms with Gasteiger partial charge >= 0.3 is 0 Å². The molecule has 0 fully saturated rings. The molecule has 0 bridgehead atoms. The van der Waals surface area contributed by atoms with Gasteiger partial charge in [-0.1, -0.05) is 27.7 Å². The minimum absolute atomic E-state index is 0.360. The number of anilines is 2. The van der Waals surface area contributed by atoms with E-state index in [1.165, 1.54) is 0 Å². The number of aromatic nitrogens is 3. The van der Waals surface area contributed by atoms with Crippen molar-refractivity contribution in [1.29, 1.82) is 0 Å². The molecule has 9 heteroatoms. The molecule has 0 atom stereocenters. The molecule has 0 aliphatic heterocycles. The van der Waals surface area contributed by atoms with Crippen LogP contribution in [-0.4, -0.2) is 68.3 Å². The molecule has 0 saturated heterocycles. The second-order valence-electron chi connectivity index (χ2n) is 6.71. The molecule has 0 unspecified atom stereocenters. The normalized spacial score (nSPS) is 11.1. The average molecular weight is 414 g/mol. The lowest BCUT2D eigenvalue weighted by Gasteiger charge is -2.26. The van der Waals surface area contributed by atoms with E-state index >= 15 is 0 Å². The lowest BCUT2D eigenvalue weighted by Crippen LogP contribution is -2.34. The number of hydrogen-bond acceptors (Lipinski definition) is 9. The highest BCUT2D eigenvalue weighted by molar-refractivity contribution is 5.38. The Morgan fingerprint density at radius 3 is 1.14 bits per heavy atom. The van der Waals surface area contributed by atoms with Crippen molar-refractivity contribution in [2.75, 3.05) is 63.2 Å². The van der Waals surface area contributed by atoms with Crippen LogP contribution in [-0.2, 0) is 18.9 Å². The van der Waals surface area contributed by atoms with Gasteiger partial charge in [0.05, 0.1) is 0 Å². The van der Waals surface area contributed by atoms with Crippen molar-refractivity contribution < 1.29 is 18.9 Å². The number of rotatable bonds is 18. The van der Waals surface area contributed by atoms with Crippen LogP contribution in [0.15, 0.2) is 0 Å². The fourth-order valence-corrected chi connectivity index (χ4v) is 2.32. The molecule has 1 aromatic heterocycles. The van der Waals surface area contributed by atoms with Gasteiger partial charge in [-0.05, 0) is 32.6 Å². The Bertz CT molecular complexity index is 473. The van der Waals surface area contributed by atoms with Gasteiger partial charge in [0.25, 0.3) is 0 Å². The van der Waals surface area contributed by atoms with Gasteiger partial charge in [0.1, 0.15) is 32.7 Å². The van der Waals surface area contributed by atoms with Crippen molar-refractivity contribution in [2.24, 2.45) is 0 Å². The number of aryl methyl sites for hydroxylation is 1. The minimum Gasteiger partial charge on any atom is -0.361 e. The summed E-state index contributed by atoms with van der Waals surface area (Å²) in [5.74, 6) is 1.67. The Morgan fingerprint density at radius 1 is 0.552 bits per heavy atom. The Labute approximate surface area is 175 Å². The molecule has 1 aromatic rings. The molecule has 0 N–H and O–H groups in total. The van der Waals surface area contributed by atoms with Crippen LogP contribution in [0.2, 0.25) is 0 Å². The molecule has 1 rings (SSSR count). The maximum Gasteiger partial charge on any atom is 0.234 e. The van der Waals surface area contributed by atoms with Crippen molar-refractivity contribution >= 4 is 11.9 Å². The van der Waals surface area contributed by atoms with Crippen LogP contribution in [0.25, 0.3) is 0 Å². The summed E-state index contributed by atoms with van der Waals surface area (Å²) < 4.78 is 22.8. The highest BCUT2D eigenvalue weighted by Crippen LogP contribution is 2.15. The maximum atomic E-state index is 5.71. The summed E-state index contributed by atoms with van der Waals surface area (Å²) >= 11 is 0. The largest absolute Gasteiger partial charge is 0.361 e. The van der Waals surface area contributed by atoms with Gasteiger partial charge in [0, 0.05) is 26.4 Å². The maximum absolute atomic E-state index is 5.71. The van der Waals surface area contributed by atoms with Crippen molar-refractivity contribution in [3.63, 3.8) is 0 Å². The lowest BCUT2D eigenvalue weighted by molar-refractivity contribution is 0.0821. The molecule has 0 radical (unpaired) electrons. The van der Waals surface area contributed by atoms with Crippen LogP contribution >= 0.6 is 0 Å². The Morgan fingerprint density at radius 2 is 0.862 bits per heavy atom. The Balaban J connectivity index is 2.98. The van der Waals surface area contributed by atoms with E-state index < -0.39 is 0 Å². The van der Waals surface area contributed by atoms with Crippen LogP contribution in [0.1, 0.15) is 59.2 Å². The molecule has 1 heterocycles. The van der Waals surface area contributed by atoms with Gasteiger partial charge in [-0.3, -0.25) is 9.80 Å². The van der Waals surface area contributed by atoms with Gasteiger partial charge in [0.2, 0.25) is 11.9 Å². The van der Waals surface area contributed by atoms with E-state index in [4.69, 9.17) is 18.9 Å². The van der Waals surface area contributed by atoms with Crippen molar-refractivity contribution in [3.8, 4) is 0 Å². The standard InChI is InChI=1S/C20H39N5O4/c1-6-10-26-14-24(15-27-11-7-2)19-21-18(5)22-20(23-19)25(16-28-12-8-3)17-29-13-9-4/h6-17H2,1-5H3. The first-order valence-electron chi connectivity index (χ1n) is 10.7.